The van der Waals surface area contributed by atoms with Gasteiger partial charge in [0.25, 0.3) is 6.71 Å². The van der Waals surface area contributed by atoms with E-state index in [0.29, 0.717) is 0 Å². The maximum Gasteiger partial charge on any atom is 0.256 e. The van der Waals surface area contributed by atoms with Gasteiger partial charge in [0.15, 0.2) is 0 Å². The van der Waals surface area contributed by atoms with Gasteiger partial charge in [-0.1, -0.05) is 289 Å². The van der Waals surface area contributed by atoms with Crippen LogP contribution in [-0.2, 0) is 27.1 Å². The van der Waals surface area contributed by atoms with Crippen molar-refractivity contribution in [2.24, 2.45) is 0 Å². The molecule has 2 aliphatic heterocycles. The first-order valence-electron chi connectivity index (χ1n) is 33.5. The van der Waals surface area contributed by atoms with Crippen molar-refractivity contribution in [3.8, 4) is 78.5 Å². The van der Waals surface area contributed by atoms with Crippen LogP contribution in [0.4, 0.5) is 0 Å². The van der Waals surface area contributed by atoms with Gasteiger partial charge in [-0.05, 0) is 157 Å². The summed E-state index contributed by atoms with van der Waals surface area (Å²) in [5.74, 6) is 1.82. The summed E-state index contributed by atoms with van der Waals surface area (Å²) in [7, 11) is 0. The summed E-state index contributed by atoms with van der Waals surface area (Å²) in [5.41, 5.74) is 32.9. The highest BCUT2D eigenvalue weighted by Gasteiger charge is 2.53. The van der Waals surface area contributed by atoms with Gasteiger partial charge in [0, 0.05) is 38.4 Å². The Hall–Kier alpha value is -9.90. The largest absolute Gasteiger partial charge is 0.458 e. The Kier molecular flexibility index (Phi) is 11.5. The molecule has 3 nitrogen and oxygen atoms in total. The second kappa shape index (κ2) is 19.1. The minimum atomic E-state index is -0.535. The van der Waals surface area contributed by atoms with E-state index < -0.39 is 5.41 Å². The van der Waals surface area contributed by atoms with Crippen LogP contribution in [0.5, 0.6) is 11.5 Å². The number of aromatic nitrogens is 2. The van der Waals surface area contributed by atoms with Crippen molar-refractivity contribution in [3.63, 3.8) is 0 Å². The summed E-state index contributed by atoms with van der Waals surface area (Å²) in [6, 6.07) is 91.6. The minimum absolute atomic E-state index is 0.00538. The third kappa shape index (κ3) is 7.85. The van der Waals surface area contributed by atoms with Gasteiger partial charge in [0.2, 0.25) is 0 Å². The van der Waals surface area contributed by atoms with E-state index in [2.05, 4.69) is 329 Å². The first kappa shape index (κ1) is 55.9. The Morgan fingerprint density at radius 3 is 1.34 bits per heavy atom. The first-order chi connectivity index (χ1) is 44.7. The molecule has 0 unspecified atom stereocenters. The van der Waals surface area contributed by atoms with Crippen molar-refractivity contribution in [1.82, 2.24) is 9.13 Å². The summed E-state index contributed by atoms with van der Waals surface area (Å²) < 4.78 is 13.2. The van der Waals surface area contributed by atoms with Crippen molar-refractivity contribution in [2.45, 2.75) is 110 Å². The molecule has 4 heteroatoms. The van der Waals surface area contributed by atoms with Crippen LogP contribution in [0.2, 0.25) is 0 Å². The van der Waals surface area contributed by atoms with Crippen LogP contribution in [0.1, 0.15) is 128 Å². The average molecular weight is 1200 g/mol. The molecule has 2 aromatic heterocycles. The van der Waals surface area contributed by atoms with Gasteiger partial charge in [-0.2, -0.15) is 0 Å². The predicted octanol–water partition coefficient (Wildman–Crippen LogP) is 21.4. The third-order valence-electron chi connectivity index (χ3n) is 21.6. The maximum absolute atomic E-state index is 7.85. The lowest BCUT2D eigenvalue weighted by atomic mass is 9.34. The van der Waals surface area contributed by atoms with E-state index in [1.54, 1.807) is 0 Å². The van der Waals surface area contributed by atoms with E-state index >= 15 is 0 Å². The number of benzene rings is 12. The molecule has 0 atom stereocenters. The van der Waals surface area contributed by atoms with Crippen LogP contribution in [0.15, 0.2) is 237 Å². The molecule has 18 rings (SSSR count). The molecule has 0 radical (unpaired) electrons. The highest BCUT2D eigenvalue weighted by Crippen LogP contribution is 2.63. The van der Waals surface area contributed by atoms with Crippen LogP contribution < -0.4 is 21.1 Å². The van der Waals surface area contributed by atoms with Gasteiger partial charge in [0.1, 0.15) is 11.5 Å². The Labute approximate surface area is 547 Å². The normalized spacial score (nSPS) is 14.2. The van der Waals surface area contributed by atoms with Gasteiger partial charge in [-0.3, -0.25) is 0 Å². The lowest BCUT2D eigenvalue weighted by Crippen LogP contribution is -2.58. The third-order valence-corrected chi connectivity index (χ3v) is 21.6. The molecule has 450 valence electrons. The van der Waals surface area contributed by atoms with Gasteiger partial charge in [0.05, 0.1) is 33.2 Å². The van der Waals surface area contributed by atoms with Crippen molar-refractivity contribution in [3.05, 3.63) is 281 Å². The number of hydrogen-bond donors (Lipinski definition) is 0. The molecule has 93 heavy (non-hydrogen) atoms. The SMILES string of the molecule is CC(C)(C)c1ccc(-c2cccc(-c3ccc(C(C)(C)C)cc3)c2-n2c3ccccc3c3cc4c5c(c6ccccc6n5-c5cc(-c6cc(C(C)(C)C)cc(C(C)(C)C)c6)cc6c5B4c4cc5c(cc4O6)C4(c6ccccc6-c6ccccc64)c4ccccc4-5)c32)cc1. The summed E-state index contributed by atoms with van der Waals surface area (Å²) in [6.07, 6.45) is 0. The molecule has 14 aromatic rings. The van der Waals surface area contributed by atoms with Gasteiger partial charge >= 0.3 is 0 Å². The van der Waals surface area contributed by atoms with Crippen LogP contribution in [0.25, 0.3) is 111 Å². The molecular formula is C89H75BN2O. The fourth-order valence-electron chi connectivity index (χ4n) is 16.9. The van der Waals surface area contributed by atoms with Gasteiger partial charge < -0.3 is 13.9 Å². The zero-order valence-electron chi connectivity index (χ0n) is 55.4. The van der Waals surface area contributed by atoms with Crippen LogP contribution in [-0.4, -0.2) is 15.8 Å². The fourth-order valence-corrected chi connectivity index (χ4v) is 16.9. The maximum atomic E-state index is 7.85. The smallest absolute Gasteiger partial charge is 0.256 e. The van der Waals surface area contributed by atoms with E-state index in [1.165, 1.54) is 160 Å². The highest BCUT2D eigenvalue weighted by molar-refractivity contribution is 6.99. The van der Waals surface area contributed by atoms with Crippen molar-refractivity contribution >= 4 is 66.7 Å². The zero-order valence-corrected chi connectivity index (χ0v) is 55.4. The van der Waals surface area contributed by atoms with Crippen LogP contribution >= 0.6 is 0 Å². The molecule has 1 spiro atoms. The topological polar surface area (TPSA) is 19.1 Å². The van der Waals surface area contributed by atoms with E-state index in [4.69, 9.17) is 4.74 Å². The Morgan fingerprint density at radius 2 is 0.796 bits per heavy atom. The lowest BCUT2D eigenvalue weighted by molar-refractivity contribution is 0.486. The van der Waals surface area contributed by atoms with Crippen molar-refractivity contribution < 1.29 is 4.74 Å². The van der Waals surface area contributed by atoms with Gasteiger partial charge in [-0.15, -0.1) is 0 Å². The van der Waals surface area contributed by atoms with Crippen molar-refractivity contribution in [2.75, 3.05) is 0 Å². The van der Waals surface area contributed by atoms with Gasteiger partial charge in [-0.25, -0.2) is 0 Å². The Balaban J connectivity index is 0.985. The van der Waals surface area contributed by atoms with E-state index in [9.17, 15) is 0 Å². The predicted molar refractivity (Wildman–Crippen MR) is 394 cm³/mol. The summed E-state index contributed by atoms with van der Waals surface area (Å²) in [6.45, 7) is 27.7. The second-order valence-corrected chi connectivity index (χ2v) is 31.2. The van der Waals surface area contributed by atoms with E-state index in [1.807, 2.05) is 0 Å². The molecule has 0 saturated heterocycles. The molecule has 4 aliphatic rings. The molecule has 0 amide bonds. The highest BCUT2D eigenvalue weighted by atomic mass is 16.5. The molecule has 0 N–H and O–H groups in total. The Bertz CT molecular complexity index is 5410. The molecule has 0 saturated carbocycles. The number of fused-ring (bicyclic) bond motifs is 21. The lowest BCUT2D eigenvalue weighted by Gasteiger charge is -2.36. The quantitative estimate of drug-likeness (QED) is 0.161. The molecule has 12 aromatic carbocycles. The van der Waals surface area contributed by atoms with E-state index in [-0.39, 0.29) is 28.4 Å². The summed E-state index contributed by atoms with van der Waals surface area (Å²) >= 11 is 0. The monoisotopic (exact) mass is 1200 g/mol. The van der Waals surface area contributed by atoms with Crippen molar-refractivity contribution in [1.29, 1.82) is 0 Å². The first-order valence-corrected chi connectivity index (χ1v) is 33.5. The van der Waals surface area contributed by atoms with Crippen LogP contribution in [0, 0.1) is 0 Å². The molecular weight excluding hydrogens is 1120 g/mol. The van der Waals surface area contributed by atoms with E-state index in [0.717, 1.165) is 22.7 Å². The number of nitrogens with zero attached hydrogens (tertiary/aromatic N) is 2. The standard InChI is InChI=1S/C89H75BN2O/c1-85(2,3)56-40-36-52(37-41-56)60-29-23-30-61(53-38-42-57(43-39-53)86(4,5)6)82(60)92-75-34-21-16-27-65(75)68-50-74-84-80(83(68)92)66-28-17-22-35-76(66)91(84)77-46-55(54-44-58(87(7,8)9)48-59(45-54)88(10,11)12)47-79-81(77)90(74)73-49-67-64-26-15-20-33-71(64)89(72(67)51-78(73)93-79)69-31-18-13-24-62(69)63-25-14-19-32-70(63)89/h13-51H,1-12H3. The molecule has 0 bridgehead atoms. The average Bonchev–Trinajstić information content (AvgIpc) is 1.54. The number of ether oxygens (including phenoxy) is 1. The van der Waals surface area contributed by atoms with Crippen LogP contribution in [0.3, 0.4) is 0 Å². The minimum Gasteiger partial charge on any atom is -0.458 e. The zero-order chi connectivity index (χ0) is 63.6. The second-order valence-electron chi connectivity index (χ2n) is 31.2. The molecule has 4 heterocycles. The number of para-hydroxylation sites is 3. The Morgan fingerprint density at radius 1 is 0.323 bits per heavy atom. The summed E-state index contributed by atoms with van der Waals surface area (Å²) in [5, 5.41) is 4.93. The summed E-state index contributed by atoms with van der Waals surface area (Å²) in [4.78, 5) is 0. The fraction of sp³-hybridized carbons (Fsp3) is 0.191. The number of rotatable bonds is 4. The molecule has 2 aliphatic carbocycles. The molecule has 0 fully saturated rings. The number of hydrogen-bond acceptors (Lipinski definition) is 1.